The number of rotatable bonds is 2. The van der Waals surface area contributed by atoms with Gasteiger partial charge >= 0.3 is 5.97 Å². The first-order valence-electron chi connectivity index (χ1n) is 7.70. The van der Waals surface area contributed by atoms with Crippen molar-refractivity contribution >= 4 is 23.3 Å². The van der Waals surface area contributed by atoms with Crippen LogP contribution in [0.2, 0.25) is 5.02 Å². The third kappa shape index (κ3) is 2.32. The van der Waals surface area contributed by atoms with Gasteiger partial charge in [-0.3, -0.25) is 0 Å². The zero-order valence-electron chi connectivity index (χ0n) is 12.4. The van der Waals surface area contributed by atoms with Crippen molar-refractivity contribution in [3.8, 4) is 0 Å². The summed E-state index contributed by atoms with van der Waals surface area (Å²) in [5.41, 5.74) is 3.29. The number of hydrogen-bond donors (Lipinski definition) is 2. The first-order chi connectivity index (χ1) is 11.1. The number of hydrogen-bond acceptors (Lipinski definition) is 2. The summed E-state index contributed by atoms with van der Waals surface area (Å²) < 4.78 is 0. The largest absolute Gasteiger partial charge is 0.478 e. The van der Waals surface area contributed by atoms with E-state index in [9.17, 15) is 9.90 Å². The molecule has 0 spiro atoms. The van der Waals surface area contributed by atoms with Gasteiger partial charge < -0.3 is 10.4 Å². The molecule has 0 saturated carbocycles. The Morgan fingerprint density at radius 3 is 2.70 bits per heavy atom. The summed E-state index contributed by atoms with van der Waals surface area (Å²) in [5.74, 6) is -0.247. The predicted molar refractivity (Wildman–Crippen MR) is 91.2 cm³/mol. The fourth-order valence-electron chi connectivity index (χ4n) is 3.80. The van der Waals surface area contributed by atoms with E-state index >= 15 is 0 Å². The molecule has 23 heavy (non-hydrogen) atoms. The van der Waals surface area contributed by atoms with Crippen molar-refractivity contribution in [2.24, 2.45) is 5.92 Å². The number of carbonyl (C=O) groups is 1. The quantitative estimate of drug-likeness (QED) is 0.775. The zero-order chi connectivity index (χ0) is 16.0. The highest BCUT2D eigenvalue weighted by Gasteiger charge is 2.39. The van der Waals surface area contributed by atoms with Gasteiger partial charge in [0.15, 0.2) is 0 Å². The Labute approximate surface area is 139 Å². The number of nitrogens with one attached hydrogen (secondary N) is 1. The van der Waals surface area contributed by atoms with E-state index in [2.05, 4.69) is 17.5 Å². The van der Waals surface area contributed by atoms with Crippen molar-refractivity contribution < 1.29 is 9.90 Å². The van der Waals surface area contributed by atoms with Crippen LogP contribution in [-0.2, 0) is 0 Å². The summed E-state index contributed by atoms with van der Waals surface area (Å²) in [6.45, 7) is 0. The van der Waals surface area contributed by atoms with Gasteiger partial charge in [-0.05, 0) is 41.7 Å². The van der Waals surface area contributed by atoms with Crippen LogP contribution in [0.3, 0.4) is 0 Å². The Kier molecular flexibility index (Phi) is 3.38. The Hall–Kier alpha value is -2.26. The molecule has 2 aliphatic rings. The maximum atomic E-state index is 11.6. The molecular weight excluding hydrogens is 310 g/mol. The maximum absolute atomic E-state index is 11.6. The van der Waals surface area contributed by atoms with E-state index in [0.29, 0.717) is 16.5 Å². The van der Waals surface area contributed by atoms with Gasteiger partial charge in [-0.15, -0.1) is 0 Å². The minimum absolute atomic E-state index is 0.0836. The Morgan fingerprint density at radius 2 is 1.96 bits per heavy atom. The zero-order valence-corrected chi connectivity index (χ0v) is 13.1. The lowest BCUT2D eigenvalue weighted by molar-refractivity contribution is 0.0697. The molecule has 116 valence electrons. The minimum Gasteiger partial charge on any atom is -0.478 e. The van der Waals surface area contributed by atoms with E-state index in [0.717, 1.165) is 23.2 Å². The van der Waals surface area contributed by atoms with E-state index in [1.54, 1.807) is 6.07 Å². The van der Waals surface area contributed by atoms with Crippen LogP contribution >= 0.6 is 11.6 Å². The molecule has 0 bridgehead atoms. The number of para-hydroxylation sites is 1. The van der Waals surface area contributed by atoms with E-state index in [4.69, 9.17) is 11.6 Å². The first kappa shape index (κ1) is 14.3. The summed E-state index contributed by atoms with van der Waals surface area (Å²) >= 11 is 6.00. The lowest BCUT2D eigenvalue weighted by Gasteiger charge is -2.38. The molecule has 0 amide bonds. The number of allylic oxidation sites excluding steroid dienone is 2. The van der Waals surface area contributed by atoms with Crippen LogP contribution in [0, 0.1) is 5.92 Å². The number of fused-ring (bicyclic) bond motifs is 3. The van der Waals surface area contributed by atoms with Gasteiger partial charge in [-0.1, -0.05) is 48.0 Å². The van der Waals surface area contributed by atoms with Crippen molar-refractivity contribution in [2.45, 2.75) is 18.4 Å². The van der Waals surface area contributed by atoms with Gasteiger partial charge in [0.05, 0.1) is 17.3 Å². The maximum Gasteiger partial charge on any atom is 0.337 e. The van der Waals surface area contributed by atoms with E-state index in [-0.39, 0.29) is 12.0 Å². The number of aromatic carboxylic acids is 1. The third-order valence-corrected chi connectivity index (χ3v) is 5.11. The Morgan fingerprint density at radius 1 is 1.17 bits per heavy atom. The SMILES string of the molecule is O=C(O)c1cccc2c1N[C@@H](c1ccc(Cl)cc1)[C@H]1CC=C[C@@H]21. The van der Waals surface area contributed by atoms with Crippen molar-refractivity contribution in [3.05, 3.63) is 76.3 Å². The van der Waals surface area contributed by atoms with Crippen molar-refractivity contribution in [1.82, 2.24) is 0 Å². The lowest BCUT2D eigenvalue weighted by Crippen LogP contribution is -2.30. The molecule has 2 aromatic rings. The number of halogens is 1. The van der Waals surface area contributed by atoms with Gasteiger partial charge in [-0.2, -0.15) is 0 Å². The number of anilines is 1. The highest BCUT2D eigenvalue weighted by Crippen LogP contribution is 2.50. The van der Waals surface area contributed by atoms with Crippen molar-refractivity contribution in [3.63, 3.8) is 0 Å². The average molecular weight is 326 g/mol. The Bertz CT molecular complexity index is 798. The van der Waals surface area contributed by atoms with Crippen LogP contribution in [0.1, 0.15) is 39.9 Å². The monoisotopic (exact) mass is 325 g/mol. The molecule has 2 aromatic carbocycles. The second kappa shape index (κ2) is 5.43. The van der Waals surface area contributed by atoms with E-state index < -0.39 is 5.97 Å². The summed E-state index contributed by atoms with van der Waals surface area (Å²) in [4.78, 5) is 11.6. The van der Waals surface area contributed by atoms with Gasteiger partial charge in [0.2, 0.25) is 0 Å². The molecule has 4 heteroatoms. The van der Waals surface area contributed by atoms with E-state index in [1.807, 2.05) is 36.4 Å². The fourth-order valence-corrected chi connectivity index (χ4v) is 3.93. The van der Waals surface area contributed by atoms with Gasteiger partial charge in [0.1, 0.15) is 0 Å². The summed E-state index contributed by atoms with van der Waals surface area (Å²) in [6, 6.07) is 13.4. The smallest absolute Gasteiger partial charge is 0.337 e. The highest BCUT2D eigenvalue weighted by atomic mass is 35.5. The summed E-state index contributed by atoms with van der Waals surface area (Å²) in [6.07, 6.45) is 5.39. The molecule has 0 saturated heterocycles. The minimum atomic E-state index is -0.898. The van der Waals surface area contributed by atoms with Crippen LogP contribution in [0.4, 0.5) is 5.69 Å². The molecule has 2 N–H and O–H groups in total. The molecule has 0 radical (unpaired) electrons. The number of benzene rings is 2. The summed E-state index contributed by atoms with van der Waals surface area (Å²) in [5, 5.41) is 13.7. The standard InChI is InChI=1S/C19H16ClNO2/c20-12-9-7-11(8-10-12)17-14-4-1-3-13(14)15-5-2-6-16(19(22)23)18(15)21-17/h1-3,5-10,13-14,17,21H,4H2,(H,22,23)/t13-,14+,17+/m1/s1. The molecule has 0 aromatic heterocycles. The predicted octanol–water partition coefficient (Wildman–Crippen LogP) is 4.86. The van der Waals surface area contributed by atoms with Crippen LogP contribution in [0.25, 0.3) is 0 Å². The first-order valence-corrected chi connectivity index (χ1v) is 8.08. The molecule has 1 aliphatic carbocycles. The molecule has 3 atom stereocenters. The second-order valence-electron chi connectivity index (χ2n) is 6.10. The number of carboxylic acid groups (broad SMARTS) is 1. The molecule has 1 aliphatic heterocycles. The van der Waals surface area contributed by atoms with Gasteiger partial charge in [0, 0.05) is 10.9 Å². The summed E-state index contributed by atoms with van der Waals surface area (Å²) in [7, 11) is 0. The van der Waals surface area contributed by atoms with Crippen LogP contribution in [0.15, 0.2) is 54.6 Å². The molecule has 0 fully saturated rings. The number of carboxylic acids is 1. The lowest BCUT2D eigenvalue weighted by atomic mass is 9.76. The molecule has 4 rings (SSSR count). The van der Waals surface area contributed by atoms with Crippen LogP contribution in [-0.4, -0.2) is 11.1 Å². The highest BCUT2D eigenvalue weighted by molar-refractivity contribution is 6.30. The molecule has 1 heterocycles. The van der Waals surface area contributed by atoms with E-state index in [1.165, 1.54) is 0 Å². The second-order valence-corrected chi connectivity index (χ2v) is 6.54. The van der Waals surface area contributed by atoms with Crippen LogP contribution < -0.4 is 5.32 Å². The van der Waals surface area contributed by atoms with Crippen molar-refractivity contribution in [1.29, 1.82) is 0 Å². The normalized spacial score (nSPS) is 24.7. The fraction of sp³-hybridized carbons (Fsp3) is 0.211. The topological polar surface area (TPSA) is 49.3 Å². The molecule has 3 nitrogen and oxygen atoms in total. The molecule has 0 unspecified atom stereocenters. The van der Waals surface area contributed by atoms with Gasteiger partial charge in [-0.25, -0.2) is 4.79 Å². The molecular formula is C19H16ClNO2. The third-order valence-electron chi connectivity index (χ3n) is 4.86. The van der Waals surface area contributed by atoms with Crippen LogP contribution in [0.5, 0.6) is 0 Å². The van der Waals surface area contributed by atoms with Crippen molar-refractivity contribution in [2.75, 3.05) is 5.32 Å². The average Bonchev–Trinajstić information content (AvgIpc) is 3.04. The Balaban J connectivity index is 1.83. The van der Waals surface area contributed by atoms with Gasteiger partial charge in [0.25, 0.3) is 0 Å².